The summed E-state index contributed by atoms with van der Waals surface area (Å²) in [5.74, 6) is -1.15. The molecule has 6 nitrogen and oxygen atoms in total. The molecule has 130 valence electrons. The van der Waals surface area contributed by atoms with Gasteiger partial charge in [-0.2, -0.15) is 0 Å². The predicted molar refractivity (Wildman–Crippen MR) is 86.6 cm³/mol. The van der Waals surface area contributed by atoms with Crippen LogP contribution in [0.5, 0.6) is 5.75 Å². The van der Waals surface area contributed by atoms with Crippen LogP contribution in [0, 0.1) is 11.8 Å². The highest BCUT2D eigenvalue weighted by atomic mass is 16.5. The van der Waals surface area contributed by atoms with Crippen LogP contribution in [-0.4, -0.2) is 48.2 Å². The number of aliphatic carboxylic acids is 1. The van der Waals surface area contributed by atoms with Gasteiger partial charge in [0.2, 0.25) is 5.91 Å². The summed E-state index contributed by atoms with van der Waals surface area (Å²) in [6.07, 6.45) is 2.43. The Morgan fingerprint density at radius 1 is 1.38 bits per heavy atom. The van der Waals surface area contributed by atoms with E-state index in [0.29, 0.717) is 19.5 Å². The number of amides is 1. The van der Waals surface area contributed by atoms with E-state index < -0.39 is 17.8 Å². The summed E-state index contributed by atoms with van der Waals surface area (Å²) in [5, 5.41) is 9.08. The van der Waals surface area contributed by atoms with Gasteiger partial charge in [-0.1, -0.05) is 12.1 Å². The standard InChI is InChI=1S/C18H23NO5/c1-23-13-5-2-4-12(8-13)10-19(11-14-6-3-7-24-14)17(20)15-9-16(15)18(21)22/h2,4-5,8,14-16H,3,6-7,9-11H2,1H3,(H,21,22)/t14-,15+,16-/m0/s1. The number of carbonyl (C=O) groups excluding carboxylic acids is 1. The first-order chi connectivity index (χ1) is 11.6. The van der Waals surface area contributed by atoms with E-state index in [1.165, 1.54) is 0 Å². The van der Waals surface area contributed by atoms with Crippen LogP contribution in [0.3, 0.4) is 0 Å². The molecule has 0 bridgehead atoms. The van der Waals surface area contributed by atoms with E-state index in [1.54, 1.807) is 12.0 Å². The number of hydrogen-bond acceptors (Lipinski definition) is 4. The number of nitrogens with zero attached hydrogens (tertiary/aromatic N) is 1. The first-order valence-electron chi connectivity index (χ1n) is 8.34. The second-order valence-electron chi connectivity index (χ2n) is 6.49. The minimum Gasteiger partial charge on any atom is -0.497 e. The second-order valence-corrected chi connectivity index (χ2v) is 6.49. The van der Waals surface area contributed by atoms with E-state index in [-0.39, 0.29) is 12.0 Å². The molecule has 1 aromatic rings. The topological polar surface area (TPSA) is 76.1 Å². The fourth-order valence-corrected chi connectivity index (χ4v) is 3.23. The molecule has 0 unspecified atom stereocenters. The Bertz CT molecular complexity index is 611. The van der Waals surface area contributed by atoms with E-state index in [4.69, 9.17) is 14.6 Å². The number of benzene rings is 1. The average molecular weight is 333 g/mol. The number of carboxylic acid groups (broad SMARTS) is 1. The van der Waals surface area contributed by atoms with Crippen molar-refractivity contribution in [1.82, 2.24) is 4.90 Å². The maximum Gasteiger partial charge on any atom is 0.307 e. The van der Waals surface area contributed by atoms with Crippen molar-refractivity contribution in [1.29, 1.82) is 0 Å². The molecule has 6 heteroatoms. The Kier molecular flexibility index (Phi) is 5.04. The zero-order valence-electron chi connectivity index (χ0n) is 13.8. The predicted octanol–water partition coefficient (Wildman–Crippen LogP) is 1.92. The van der Waals surface area contributed by atoms with E-state index in [2.05, 4.69) is 0 Å². The number of carbonyl (C=O) groups is 2. The lowest BCUT2D eigenvalue weighted by molar-refractivity contribution is -0.142. The van der Waals surface area contributed by atoms with Crippen LogP contribution in [0.2, 0.25) is 0 Å². The van der Waals surface area contributed by atoms with Gasteiger partial charge in [-0.25, -0.2) is 0 Å². The van der Waals surface area contributed by atoms with Crippen molar-refractivity contribution in [3.63, 3.8) is 0 Å². The number of carboxylic acids is 1. The molecule has 1 heterocycles. The van der Waals surface area contributed by atoms with Crippen molar-refractivity contribution < 1.29 is 24.2 Å². The molecule has 1 aliphatic heterocycles. The summed E-state index contributed by atoms with van der Waals surface area (Å²) >= 11 is 0. The molecular formula is C18H23NO5. The second kappa shape index (κ2) is 7.21. The summed E-state index contributed by atoms with van der Waals surface area (Å²) in [4.78, 5) is 25.6. The molecule has 0 aromatic heterocycles. The fourth-order valence-electron chi connectivity index (χ4n) is 3.23. The van der Waals surface area contributed by atoms with Gasteiger partial charge in [-0.15, -0.1) is 0 Å². The van der Waals surface area contributed by atoms with Gasteiger partial charge in [0.25, 0.3) is 0 Å². The van der Waals surface area contributed by atoms with Gasteiger partial charge in [0.05, 0.1) is 25.0 Å². The Morgan fingerprint density at radius 2 is 2.21 bits per heavy atom. The maximum absolute atomic E-state index is 12.7. The van der Waals surface area contributed by atoms with Crippen molar-refractivity contribution in [2.24, 2.45) is 11.8 Å². The van der Waals surface area contributed by atoms with Crippen molar-refractivity contribution in [3.05, 3.63) is 29.8 Å². The van der Waals surface area contributed by atoms with Crippen LogP contribution in [0.15, 0.2) is 24.3 Å². The maximum atomic E-state index is 12.7. The Balaban J connectivity index is 1.71. The van der Waals surface area contributed by atoms with Crippen LogP contribution < -0.4 is 4.74 Å². The number of methoxy groups -OCH3 is 1. The lowest BCUT2D eigenvalue weighted by Crippen LogP contribution is -2.38. The number of hydrogen-bond donors (Lipinski definition) is 1. The van der Waals surface area contributed by atoms with Crippen LogP contribution in [-0.2, 0) is 20.9 Å². The Morgan fingerprint density at radius 3 is 2.83 bits per heavy atom. The zero-order valence-corrected chi connectivity index (χ0v) is 13.8. The van der Waals surface area contributed by atoms with Gasteiger partial charge < -0.3 is 19.5 Å². The number of rotatable bonds is 7. The molecule has 0 radical (unpaired) electrons. The first-order valence-corrected chi connectivity index (χ1v) is 8.34. The molecule has 1 aromatic carbocycles. The molecule has 1 aliphatic carbocycles. The normalized spacial score (nSPS) is 25.3. The molecule has 1 saturated heterocycles. The largest absolute Gasteiger partial charge is 0.497 e. The molecule has 3 atom stereocenters. The monoisotopic (exact) mass is 333 g/mol. The lowest BCUT2D eigenvalue weighted by Gasteiger charge is -2.26. The third kappa shape index (κ3) is 3.87. The molecule has 2 fully saturated rings. The average Bonchev–Trinajstić information content (AvgIpc) is 3.23. The molecule has 0 spiro atoms. The molecule has 1 saturated carbocycles. The molecular weight excluding hydrogens is 310 g/mol. The minimum absolute atomic E-state index is 0.0431. The third-order valence-electron chi connectivity index (χ3n) is 4.69. The van der Waals surface area contributed by atoms with Crippen LogP contribution >= 0.6 is 0 Å². The van der Waals surface area contributed by atoms with E-state index in [0.717, 1.165) is 30.8 Å². The van der Waals surface area contributed by atoms with Gasteiger partial charge in [-0.3, -0.25) is 9.59 Å². The van der Waals surface area contributed by atoms with Gasteiger partial charge in [-0.05, 0) is 37.0 Å². The Hall–Kier alpha value is -2.08. The molecule has 2 aliphatic rings. The van der Waals surface area contributed by atoms with Crippen molar-refractivity contribution in [3.8, 4) is 5.75 Å². The number of ether oxygens (including phenoxy) is 2. The van der Waals surface area contributed by atoms with E-state index in [1.807, 2.05) is 24.3 Å². The van der Waals surface area contributed by atoms with E-state index in [9.17, 15) is 9.59 Å². The summed E-state index contributed by atoms with van der Waals surface area (Å²) in [6.45, 7) is 1.69. The van der Waals surface area contributed by atoms with E-state index >= 15 is 0 Å². The summed E-state index contributed by atoms with van der Waals surface area (Å²) < 4.78 is 10.9. The highest BCUT2D eigenvalue weighted by molar-refractivity contribution is 5.89. The molecule has 1 N–H and O–H groups in total. The summed E-state index contributed by atoms with van der Waals surface area (Å²) in [7, 11) is 1.61. The third-order valence-corrected chi connectivity index (χ3v) is 4.69. The summed E-state index contributed by atoms with van der Waals surface area (Å²) in [5.41, 5.74) is 0.966. The molecule has 3 rings (SSSR count). The smallest absolute Gasteiger partial charge is 0.307 e. The highest BCUT2D eigenvalue weighted by Crippen LogP contribution is 2.40. The first kappa shape index (κ1) is 16.8. The SMILES string of the molecule is COc1cccc(CN(C[C@@H]2CCCO2)C(=O)[C@@H]2C[C@@H]2C(=O)O)c1. The Labute approximate surface area is 141 Å². The van der Waals surface area contributed by atoms with Gasteiger partial charge in [0.15, 0.2) is 0 Å². The van der Waals surface area contributed by atoms with Gasteiger partial charge >= 0.3 is 5.97 Å². The minimum atomic E-state index is -0.883. The van der Waals surface area contributed by atoms with Crippen molar-refractivity contribution in [2.75, 3.05) is 20.3 Å². The zero-order chi connectivity index (χ0) is 17.1. The van der Waals surface area contributed by atoms with Crippen LogP contribution in [0.1, 0.15) is 24.8 Å². The van der Waals surface area contributed by atoms with Crippen LogP contribution in [0.25, 0.3) is 0 Å². The van der Waals surface area contributed by atoms with Gasteiger partial charge in [0.1, 0.15) is 5.75 Å². The fraction of sp³-hybridized carbons (Fsp3) is 0.556. The molecule has 24 heavy (non-hydrogen) atoms. The van der Waals surface area contributed by atoms with Crippen molar-refractivity contribution in [2.45, 2.75) is 31.9 Å². The quantitative estimate of drug-likeness (QED) is 0.825. The molecule has 1 amide bonds. The van der Waals surface area contributed by atoms with Gasteiger partial charge in [0, 0.05) is 19.7 Å². The highest BCUT2D eigenvalue weighted by Gasteiger charge is 2.50. The van der Waals surface area contributed by atoms with Crippen LogP contribution in [0.4, 0.5) is 0 Å². The van der Waals surface area contributed by atoms with Crippen molar-refractivity contribution >= 4 is 11.9 Å². The lowest BCUT2D eigenvalue weighted by atomic mass is 10.1. The summed E-state index contributed by atoms with van der Waals surface area (Å²) in [6, 6.07) is 7.59.